The highest BCUT2D eigenvalue weighted by molar-refractivity contribution is 5.94. The van der Waals surface area contributed by atoms with Gasteiger partial charge < -0.3 is 14.8 Å². The lowest BCUT2D eigenvalue weighted by atomic mass is 10.1. The van der Waals surface area contributed by atoms with E-state index in [0.29, 0.717) is 48.1 Å². The van der Waals surface area contributed by atoms with Crippen LogP contribution in [0.2, 0.25) is 0 Å². The number of hydrogen-bond acceptors (Lipinski definition) is 5. The number of fused-ring (bicyclic) bond motifs is 1. The molecule has 0 aliphatic carbocycles. The highest BCUT2D eigenvalue weighted by Crippen LogP contribution is 2.17. The number of amides is 1. The van der Waals surface area contributed by atoms with E-state index in [1.165, 1.54) is 4.90 Å². The summed E-state index contributed by atoms with van der Waals surface area (Å²) < 4.78 is 3.49. The van der Waals surface area contributed by atoms with Gasteiger partial charge in [0.25, 0.3) is 11.5 Å². The summed E-state index contributed by atoms with van der Waals surface area (Å²) >= 11 is 0. The average Bonchev–Trinajstić information content (AvgIpc) is 3.14. The molecule has 3 aromatic rings. The van der Waals surface area contributed by atoms with Gasteiger partial charge in [-0.25, -0.2) is 9.78 Å². The van der Waals surface area contributed by atoms with Crippen molar-refractivity contribution in [3.8, 4) is 0 Å². The Hall–Kier alpha value is -3.36. The van der Waals surface area contributed by atoms with E-state index >= 15 is 0 Å². The van der Waals surface area contributed by atoms with Crippen molar-refractivity contribution in [3.05, 3.63) is 56.5 Å². The van der Waals surface area contributed by atoms with Crippen LogP contribution in [0, 0.1) is 5.92 Å². The lowest BCUT2D eigenvalue weighted by Gasteiger charge is -2.13. The fraction of sp³-hybridized carbons (Fsp3) is 0.500. The molecule has 0 radical (unpaired) electrons. The predicted octanol–water partition coefficient (Wildman–Crippen LogP) is 3.05. The van der Waals surface area contributed by atoms with Gasteiger partial charge in [0.05, 0.1) is 6.54 Å². The highest BCUT2D eigenvalue weighted by Gasteiger charge is 2.18. The van der Waals surface area contributed by atoms with Crippen LogP contribution in [-0.2, 0) is 19.6 Å². The molecule has 33 heavy (non-hydrogen) atoms. The molecule has 178 valence electrons. The zero-order valence-electron chi connectivity index (χ0n) is 20.1. The van der Waals surface area contributed by atoms with Crippen LogP contribution in [0.3, 0.4) is 0 Å². The Morgan fingerprint density at radius 3 is 2.42 bits per heavy atom. The van der Waals surface area contributed by atoms with Crippen molar-refractivity contribution in [1.29, 1.82) is 0 Å². The van der Waals surface area contributed by atoms with Gasteiger partial charge in [-0.15, -0.1) is 0 Å². The minimum Gasteiger partial charge on any atom is -0.378 e. The zero-order valence-corrected chi connectivity index (χ0v) is 20.1. The van der Waals surface area contributed by atoms with Crippen LogP contribution in [0.25, 0.3) is 11.2 Å². The Balaban J connectivity index is 1.96. The molecule has 0 aliphatic rings. The predicted molar refractivity (Wildman–Crippen MR) is 131 cm³/mol. The number of nitrogens with one attached hydrogen (secondary N) is 2. The Morgan fingerprint density at radius 2 is 1.82 bits per heavy atom. The molecule has 0 spiro atoms. The molecule has 0 bridgehead atoms. The van der Waals surface area contributed by atoms with E-state index < -0.39 is 11.2 Å². The van der Waals surface area contributed by atoms with E-state index in [1.807, 2.05) is 16.7 Å². The lowest BCUT2D eigenvalue weighted by molar-refractivity contribution is 0.0827. The Kier molecular flexibility index (Phi) is 7.73. The monoisotopic (exact) mass is 454 g/mol. The van der Waals surface area contributed by atoms with E-state index in [9.17, 15) is 14.4 Å². The summed E-state index contributed by atoms with van der Waals surface area (Å²) in [6.07, 6.45) is 2.64. The van der Waals surface area contributed by atoms with Gasteiger partial charge in [-0.3, -0.25) is 19.1 Å². The third kappa shape index (κ3) is 5.53. The number of carbonyl (C=O) groups excluding carboxylic acids is 1. The quantitative estimate of drug-likeness (QED) is 0.490. The molecule has 0 saturated heterocycles. The Bertz CT molecular complexity index is 1220. The number of aromatic nitrogens is 4. The smallest absolute Gasteiger partial charge is 0.330 e. The van der Waals surface area contributed by atoms with Crippen molar-refractivity contribution in [2.24, 2.45) is 5.92 Å². The summed E-state index contributed by atoms with van der Waals surface area (Å²) in [5.41, 5.74) is 1.50. The molecule has 1 amide bonds. The molecule has 1 aromatic carbocycles. The molecule has 9 heteroatoms. The maximum Gasteiger partial charge on any atom is 0.330 e. The van der Waals surface area contributed by atoms with Crippen molar-refractivity contribution in [1.82, 2.24) is 24.0 Å². The van der Waals surface area contributed by atoms with Crippen molar-refractivity contribution >= 4 is 22.8 Å². The van der Waals surface area contributed by atoms with E-state index in [4.69, 9.17) is 4.98 Å². The Labute approximate surface area is 193 Å². The van der Waals surface area contributed by atoms with E-state index in [2.05, 4.69) is 31.1 Å². The molecular weight excluding hydrogens is 420 g/mol. The van der Waals surface area contributed by atoms with E-state index in [1.54, 1.807) is 30.8 Å². The van der Waals surface area contributed by atoms with Gasteiger partial charge in [0, 0.05) is 38.4 Å². The maximum absolute atomic E-state index is 12.7. The number of H-pyrrole nitrogens is 1. The zero-order chi connectivity index (χ0) is 24.1. The van der Waals surface area contributed by atoms with Crippen molar-refractivity contribution < 1.29 is 4.79 Å². The van der Waals surface area contributed by atoms with Crippen LogP contribution < -0.4 is 16.6 Å². The van der Waals surface area contributed by atoms with Crippen LogP contribution in [0.4, 0.5) is 5.69 Å². The molecule has 0 saturated carbocycles. The third-order valence-corrected chi connectivity index (χ3v) is 5.62. The highest BCUT2D eigenvalue weighted by atomic mass is 16.2. The van der Waals surface area contributed by atoms with E-state index in [-0.39, 0.29) is 5.91 Å². The second-order valence-electron chi connectivity index (χ2n) is 8.93. The summed E-state index contributed by atoms with van der Waals surface area (Å²) in [7, 11) is 3.44. The van der Waals surface area contributed by atoms with Gasteiger partial charge in [0.15, 0.2) is 11.2 Å². The number of aryl methyl sites for hydroxylation is 2. The molecule has 0 aliphatic heterocycles. The average molecular weight is 455 g/mol. The first kappa shape index (κ1) is 24.3. The van der Waals surface area contributed by atoms with Crippen molar-refractivity contribution in [2.75, 3.05) is 19.4 Å². The number of anilines is 1. The number of aromatic amines is 1. The number of carbonyl (C=O) groups is 1. The van der Waals surface area contributed by atoms with Crippen LogP contribution >= 0.6 is 0 Å². The molecule has 0 atom stereocenters. The van der Waals surface area contributed by atoms with Gasteiger partial charge in [0.2, 0.25) is 0 Å². The molecule has 3 rings (SSSR count). The van der Waals surface area contributed by atoms with Crippen LogP contribution in [0.5, 0.6) is 0 Å². The maximum atomic E-state index is 12.7. The van der Waals surface area contributed by atoms with E-state index in [0.717, 1.165) is 24.9 Å². The molecule has 2 N–H and O–H groups in total. The van der Waals surface area contributed by atoms with Gasteiger partial charge in [-0.1, -0.05) is 27.2 Å². The number of benzene rings is 1. The van der Waals surface area contributed by atoms with Gasteiger partial charge >= 0.3 is 5.69 Å². The topological polar surface area (TPSA) is 105 Å². The first-order valence-corrected chi connectivity index (χ1v) is 11.5. The summed E-state index contributed by atoms with van der Waals surface area (Å²) in [6, 6.07) is 7.25. The molecule has 0 fully saturated rings. The minimum atomic E-state index is -0.421. The van der Waals surface area contributed by atoms with Crippen LogP contribution in [0.15, 0.2) is 33.9 Å². The van der Waals surface area contributed by atoms with Crippen molar-refractivity contribution in [2.45, 2.75) is 59.7 Å². The summed E-state index contributed by atoms with van der Waals surface area (Å²) in [6.45, 7) is 7.86. The van der Waals surface area contributed by atoms with Crippen molar-refractivity contribution in [3.63, 3.8) is 0 Å². The molecule has 9 nitrogen and oxygen atoms in total. The largest absolute Gasteiger partial charge is 0.378 e. The van der Waals surface area contributed by atoms with Crippen LogP contribution in [-0.4, -0.2) is 44.0 Å². The van der Waals surface area contributed by atoms with Gasteiger partial charge in [-0.2, -0.15) is 0 Å². The first-order valence-electron chi connectivity index (χ1n) is 11.5. The third-order valence-electron chi connectivity index (χ3n) is 5.62. The Morgan fingerprint density at radius 1 is 1.12 bits per heavy atom. The SMILES string of the molecule is CCCCn1c(=O)[nH]c(=O)c2c1nc(CNc1ccc(C(=O)N(C)C)cc1)n2CCC(C)C. The number of rotatable bonds is 10. The number of nitrogens with zero attached hydrogens (tertiary/aromatic N) is 4. The summed E-state index contributed by atoms with van der Waals surface area (Å²) in [5, 5.41) is 3.33. The molecule has 2 aromatic heterocycles. The summed E-state index contributed by atoms with van der Waals surface area (Å²) in [5.74, 6) is 1.09. The minimum absolute atomic E-state index is 0.0543. The fourth-order valence-electron chi connectivity index (χ4n) is 3.67. The second kappa shape index (κ2) is 10.5. The van der Waals surface area contributed by atoms with Crippen LogP contribution in [0.1, 0.15) is 56.2 Å². The number of hydrogen-bond donors (Lipinski definition) is 2. The molecule has 0 unspecified atom stereocenters. The first-order chi connectivity index (χ1) is 15.7. The van der Waals surface area contributed by atoms with Gasteiger partial charge in [0.1, 0.15) is 5.82 Å². The summed E-state index contributed by atoms with van der Waals surface area (Å²) in [4.78, 5) is 46.1. The molecular formula is C24H34N6O3. The normalized spacial score (nSPS) is 11.3. The second-order valence-corrected chi connectivity index (χ2v) is 8.93. The van der Waals surface area contributed by atoms with Gasteiger partial charge in [-0.05, 0) is 43.0 Å². The standard InChI is InChI=1S/C24H34N6O3/c1-6-7-13-30-21-20(22(31)27-24(30)33)29(14-12-16(2)3)19(26-21)15-25-18-10-8-17(9-11-18)23(32)28(4)5/h8-11,16,25H,6-7,12-15H2,1-5H3,(H,27,31,33). The number of unbranched alkanes of at least 4 members (excludes halogenated alkanes) is 1. The lowest BCUT2D eigenvalue weighted by Crippen LogP contribution is -2.31. The number of imidazole rings is 1. The fourth-order valence-corrected chi connectivity index (χ4v) is 3.67. The molecule has 2 heterocycles.